The van der Waals surface area contributed by atoms with Gasteiger partial charge in [-0.3, -0.25) is 14.4 Å². The first-order valence-electron chi connectivity index (χ1n) is 8.52. The molecule has 3 amide bonds. The SMILES string of the molecule is CC(NC(=O)C[NH+]1C(C)CCCC1C)C(=O)ON1C(=O)CCC1=O. The maximum atomic E-state index is 12.2. The fourth-order valence-corrected chi connectivity index (χ4v) is 3.30. The first-order valence-corrected chi connectivity index (χ1v) is 8.52. The van der Waals surface area contributed by atoms with Gasteiger partial charge in [-0.2, -0.15) is 0 Å². The molecule has 2 saturated heterocycles. The molecule has 2 rings (SSSR count). The van der Waals surface area contributed by atoms with Crippen molar-refractivity contribution in [2.24, 2.45) is 0 Å². The Kier molecular flexibility index (Phi) is 5.93. The van der Waals surface area contributed by atoms with Crippen LogP contribution in [-0.2, 0) is 24.0 Å². The molecule has 3 atom stereocenters. The number of hydrogen-bond donors (Lipinski definition) is 2. The van der Waals surface area contributed by atoms with Crippen LogP contribution in [0.5, 0.6) is 0 Å². The molecule has 0 saturated carbocycles. The number of nitrogens with one attached hydrogen (secondary N) is 2. The summed E-state index contributed by atoms with van der Waals surface area (Å²) in [4.78, 5) is 53.0. The molecule has 0 bridgehead atoms. The Hall–Kier alpha value is -1.96. The van der Waals surface area contributed by atoms with Crippen LogP contribution in [0.2, 0.25) is 0 Å². The largest absolute Gasteiger partial charge is 0.354 e. The average Bonchev–Trinajstić information content (AvgIpc) is 2.83. The molecule has 3 unspecified atom stereocenters. The van der Waals surface area contributed by atoms with E-state index >= 15 is 0 Å². The number of imide groups is 1. The van der Waals surface area contributed by atoms with Crippen molar-refractivity contribution >= 4 is 23.7 Å². The number of carbonyl (C=O) groups excluding carboxylic acids is 4. The third-order valence-corrected chi connectivity index (χ3v) is 4.82. The molecule has 2 fully saturated rings. The number of nitrogens with zero attached hydrogens (tertiary/aromatic N) is 1. The first-order chi connectivity index (χ1) is 11.3. The van der Waals surface area contributed by atoms with Gasteiger partial charge in [-0.1, -0.05) is 0 Å². The standard InChI is InChI=1S/C16H25N3O5/c1-10-5-4-6-11(2)18(10)9-13(20)17-12(3)16(23)24-19-14(21)7-8-15(19)22/h10-12H,4-9H2,1-3H3,(H,17,20)/p+1. The minimum atomic E-state index is -0.923. The van der Waals surface area contributed by atoms with Gasteiger partial charge >= 0.3 is 5.97 Å². The predicted octanol–water partition coefficient (Wildman–Crippen LogP) is -1.06. The van der Waals surface area contributed by atoms with Gasteiger partial charge in [0.05, 0.1) is 12.1 Å². The van der Waals surface area contributed by atoms with Crippen LogP contribution in [0.15, 0.2) is 0 Å². The van der Waals surface area contributed by atoms with Crippen molar-refractivity contribution < 1.29 is 28.9 Å². The highest BCUT2D eigenvalue weighted by Crippen LogP contribution is 2.12. The summed E-state index contributed by atoms with van der Waals surface area (Å²) in [5.74, 6) is -2.13. The van der Waals surface area contributed by atoms with Crippen molar-refractivity contribution in [3.63, 3.8) is 0 Å². The van der Waals surface area contributed by atoms with Gasteiger partial charge in [0.2, 0.25) is 0 Å². The number of amides is 3. The van der Waals surface area contributed by atoms with Crippen molar-refractivity contribution in [2.45, 2.75) is 71.0 Å². The highest BCUT2D eigenvalue weighted by molar-refractivity contribution is 6.01. The van der Waals surface area contributed by atoms with E-state index in [0.717, 1.165) is 12.8 Å². The second-order valence-electron chi connectivity index (χ2n) is 6.77. The predicted molar refractivity (Wildman–Crippen MR) is 83.4 cm³/mol. The van der Waals surface area contributed by atoms with Crippen molar-refractivity contribution in [2.75, 3.05) is 6.54 Å². The van der Waals surface area contributed by atoms with Gasteiger partial charge in [0.25, 0.3) is 17.7 Å². The van der Waals surface area contributed by atoms with Crippen molar-refractivity contribution in [3.05, 3.63) is 0 Å². The number of hydrogen-bond acceptors (Lipinski definition) is 5. The van der Waals surface area contributed by atoms with Crippen molar-refractivity contribution in [1.82, 2.24) is 10.4 Å². The zero-order chi connectivity index (χ0) is 17.9. The Balaban J connectivity index is 1.83. The van der Waals surface area contributed by atoms with Gasteiger partial charge in [0.15, 0.2) is 6.54 Å². The van der Waals surface area contributed by atoms with Crippen molar-refractivity contribution in [3.8, 4) is 0 Å². The quantitative estimate of drug-likeness (QED) is 0.622. The fraction of sp³-hybridized carbons (Fsp3) is 0.750. The molecule has 2 aliphatic heterocycles. The number of piperidine rings is 1. The smallest absolute Gasteiger partial charge is 0.338 e. The third-order valence-electron chi connectivity index (χ3n) is 4.82. The number of hydroxylamine groups is 2. The van der Waals surface area contributed by atoms with Gasteiger partial charge < -0.3 is 15.1 Å². The van der Waals surface area contributed by atoms with E-state index in [2.05, 4.69) is 19.2 Å². The summed E-state index contributed by atoms with van der Waals surface area (Å²) in [7, 11) is 0. The Morgan fingerprint density at radius 2 is 1.75 bits per heavy atom. The Labute approximate surface area is 141 Å². The van der Waals surface area contributed by atoms with Crippen LogP contribution in [-0.4, -0.2) is 53.4 Å². The van der Waals surface area contributed by atoms with Gasteiger partial charge in [0.1, 0.15) is 6.04 Å². The van der Waals surface area contributed by atoms with Crippen LogP contribution < -0.4 is 10.2 Å². The van der Waals surface area contributed by atoms with E-state index < -0.39 is 23.8 Å². The minimum Gasteiger partial charge on any atom is -0.338 e. The summed E-state index contributed by atoms with van der Waals surface area (Å²) in [6.45, 7) is 6.02. The van der Waals surface area contributed by atoms with Crippen LogP contribution >= 0.6 is 0 Å². The summed E-state index contributed by atoms with van der Waals surface area (Å²) < 4.78 is 0. The number of carbonyl (C=O) groups is 4. The lowest BCUT2D eigenvalue weighted by Crippen LogP contribution is -3.20. The molecule has 0 aromatic heterocycles. The van der Waals surface area contributed by atoms with E-state index in [9.17, 15) is 19.2 Å². The summed E-state index contributed by atoms with van der Waals surface area (Å²) >= 11 is 0. The molecule has 0 aliphatic carbocycles. The lowest BCUT2D eigenvalue weighted by atomic mass is 9.97. The Bertz CT molecular complexity index is 510. The van der Waals surface area contributed by atoms with Gasteiger partial charge in [-0.15, -0.1) is 5.06 Å². The van der Waals surface area contributed by atoms with Gasteiger partial charge in [-0.05, 0) is 40.0 Å². The van der Waals surface area contributed by atoms with Crippen LogP contribution in [0.25, 0.3) is 0 Å². The van der Waals surface area contributed by atoms with Gasteiger partial charge in [0, 0.05) is 12.8 Å². The normalized spacial score (nSPS) is 28.6. The second kappa shape index (κ2) is 7.74. The van der Waals surface area contributed by atoms with E-state index in [1.54, 1.807) is 0 Å². The topological polar surface area (TPSA) is 97.2 Å². The molecule has 0 aromatic rings. The lowest BCUT2D eigenvalue weighted by molar-refractivity contribution is -0.944. The highest BCUT2D eigenvalue weighted by atomic mass is 16.7. The molecular weight excluding hydrogens is 314 g/mol. The molecule has 2 aliphatic rings. The molecule has 24 heavy (non-hydrogen) atoms. The molecule has 2 N–H and O–H groups in total. The monoisotopic (exact) mass is 340 g/mol. The van der Waals surface area contributed by atoms with Gasteiger partial charge in [-0.25, -0.2) is 4.79 Å². The first kappa shape index (κ1) is 18.4. The van der Waals surface area contributed by atoms with Crippen molar-refractivity contribution in [1.29, 1.82) is 0 Å². The van der Waals surface area contributed by atoms with E-state index in [1.807, 2.05) is 0 Å². The summed E-state index contributed by atoms with van der Waals surface area (Å²) in [5, 5.41) is 3.08. The maximum absolute atomic E-state index is 12.2. The Morgan fingerprint density at radius 3 is 2.29 bits per heavy atom. The molecule has 8 heteroatoms. The number of rotatable bonds is 5. The zero-order valence-corrected chi connectivity index (χ0v) is 14.5. The van der Waals surface area contributed by atoms with E-state index in [1.165, 1.54) is 18.2 Å². The highest BCUT2D eigenvalue weighted by Gasteiger charge is 2.35. The van der Waals surface area contributed by atoms with Crippen LogP contribution in [0, 0.1) is 0 Å². The maximum Gasteiger partial charge on any atom is 0.354 e. The summed E-state index contributed by atoms with van der Waals surface area (Å²) in [5.41, 5.74) is 0. The van der Waals surface area contributed by atoms with E-state index in [4.69, 9.17) is 4.84 Å². The molecule has 0 radical (unpaired) electrons. The third kappa shape index (κ3) is 4.31. The van der Waals surface area contributed by atoms with Crippen LogP contribution in [0.3, 0.4) is 0 Å². The molecule has 0 aromatic carbocycles. The molecule has 134 valence electrons. The fourth-order valence-electron chi connectivity index (χ4n) is 3.30. The average molecular weight is 340 g/mol. The van der Waals surface area contributed by atoms with E-state index in [-0.39, 0.29) is 18.7 Å². The van der Waals surface area contributed by atoms with Crippen LogP contribution in [0.4, 0.5) is 0 Å². The second-order valence-corrected chi connectivity index (χ2v) is 6.77. The van der Waals surface area contributed by atoms with E-state index in [0.29, 0.717) is 23.7 Å². The lowest BCUT2D eigenvalue weighted by Gasteiger charge is -2.35. The number of quaternary nitrogens is 1. The Morgan fingerprint density at radius 1 is 1.21 bits per heavy atom. The molecule has 8 nitrogen and oxygen atoms in total. The zero-order valence-electron chi connectivity index (χ0n) is 14.5. The summed E-state index contributed by atoms with van der Waals surface area (Å²) in [6.07, 6.45) is 3.43. The molecular formula is C16H26N3O5+. The molecule has 2 heterocycles. The molecule has 0 spiro atoms. The number of likely N-dealkylation sites (tertiary alicyclic amines) is 1. The summed E-state index contributed by atoms with van der Waals surface area (Å²) in [6, 6.07) is -0.114. The van der Waals surface area contributed by atoms with Crippen LogP contribution in [0.1, 0.15) is 52.9 Å². The minimum absolute atomic E-state index is 0.0426.